The molecular formula is C14H11ClF3NO. The van der Waals surface area contributed by atoms with Gasteiger partial charge in [0.25, 0.3) is 0 Å². The highest BCUT2D eigenvalue weighted by atomic mass is 35.5. The van der Waals surface area contributed by atoms with Gasteiger partial charge in [-0.1, -0.05) is 29.8 Å². The number of hydrogen-bond donors (Lipinski definition) is 2. The normalized spacial score (nSPS) is 12.2. The molecule has 0 bridgehead atoms. The topological polar surface area (TPSA) is 32.3 Å². The van der Waals surface area contributed by atoms with Crippen LogP contribution in [-0.4, -0.2) is 11.7 Å². The molecule has 0 spiro atoms. The number of aliphatic hydroxyl groups excluding tert-OH is 1. The molecule has 0 amide bonds. The summed E-state index contributed by atoms with van der Waals surface area (Å²) >= 11 is 5.90. The minimum atomic E-state index is -1.06. The molecule has 0 fully saturated rings. The fourth-order valence-electron chi connectivity index (χ4n) is 1.77. The Morgan fingerprint density at radius 3 is 2.30 bits per heavy atom. The molecule has 2 rings (SSSR count). The van der Waals surface area contributed by atoms with Gasteiger partial charge in [0.1, 0.15) is 11.5 Å². The van der Waals surface area contributed by atoms with Gasteiger partial charge in [-0.3, -0.25) is 0 Å². The molecule has 2 N–H and O–H groups in total. The molecule has 0 aromatic heterocycles. The van der Waals surface area contributed by atoms with Crippen LogP contribution in [-0.2, 0) is 0 Å². The van der Waals surface area contributed by atoms with Gasteiger partial charge in [0.05, 0.1) is 6.10 Å². The van der Waals surface area contributed by atoms with Crippen molar-refractivity contribution in [2.75, 3.05) is 11.9 Å². The van der Waals surface area contributed by atoms with Crippen molar-refractivity contribution in [2.24, 2.45) is 0 Å². The summed E-state index contributed by atoms with van der Waals surface area (Å²) in [5.74, 6) is -3.13. The van der Waals surface area contributed by atoms with Gasteiger partial charge in [-0.15, -0.1) is 0 Å². The van der Waals surface area contributed by atoms with Gasteiger partial charge >= 0.3 is 0 Å². The maximum Gasteiger partial charge on any atom is 0.152 e. The van der Waals surface area contributed by atoms with Crippen LogP contribution in [0.4, 0.5) is 18.9 Å². The van der Waals surface area contributed by atoms with Gasteiger partial charge in [0.15, 0.2) is 11.6 Å². The van der Waals surface area contributed by atoms with Crippen LogP contribution < -0.4 is 5.32 Å². The van der Waals surface area contributed by atoms with E-state index in [1.54, 1.807) is 24.3 Å². The predicted octanol–water partition coefficient (Wildman–Crippen LogP) is 3.90. The molecule has 0 aliphatic rings. The Labute approximate surface area is 118 Å². The van der Waals surface area contributed by atoms with Crippen molar-refractivity contribution in [3.8, 4) is 0 Å². The molecule has 0 aliphatic carbocycles. The van der Waals surface area contributed by atoms with Gasteiger partial charge in [0, 0.05) is 29.3 Å². The first kappa shape index (κ1) is 14.7. The van der Waals surface area contributed by atoms with Gasteiger partial charge < -0.3 is 10.4 Å². The monoisotopic (exact) mass is 301 g/mol. The molecule has 6 heteroatoms. The number of benzene rings is 2. The zero-order valence-corrected chi connectivity index (χ0v) is 11.0. The largest absolute Gasteiger partial charge is 0.387 e. The molecule has 0 heterocycles. The van der Waals surface area contributed by atoms with E-state index in [9.17, 15) is 18.3 Å². The number of aliphatic hydroxyl groups is 1. The third kappa shape index (κ3) is 3.23. The molecular weight excluding hydrogens is 291 g/mol. The summed E-state index contributed by atoms with van der Waals surface area (Å²) in [6.45, 7) is -0.163. The highest BCUT2D eigenvalue weighted by Crippen LogP contribution is 2.25. The fourth-order valence-corrected chi connectivity index (χ4v) is 2.03. The number of hydrogen-bond acceptors (Lipinski definition) is 2. The molecule has 1 atom stereocenters. The van der Waals surface area contributed by atoms with Crippen molar-refractivity contribution in [3.63, 3.8) is 0 Å². The third-order valence-corrected chi connectivity index (χ3v) is 3.09. The van der Waals surface area contributed by atoms with E-state index >= 15 is 0 Å². The highest BCUT2D eigenvalue weighted by Gasteiger charge is 2.15. The van der Waals surface area contributed by atoms with E-state index in [0.717, 1.165) is 0 Å². The first-order chi connectivity index (χ1) is 9.49. The summed E-state index contributed by atoms with van der Waals surface area (Å²) in [6.07, 6.45) is -1.05. The summed E-state index contributed by atoms with van der Waals surface area (Å²) in [5, 5.41) is 12.7. The van der Waals surface area contributed by atoms with Gasteiger partial charge in [-0.2, -0.15) is 0 Å². The molecule has 20 heavy (non-hydrogen) atoms. The molecule has 2 aromatic rings. The van der Waals surface area contributed by atoms with E-state index in [2.05, 4.69) is 5.32 Å². The molecule has 2 aromatic carbocycles. The van der Waals surface area contributed by atoms with Crippen LogP contribution in [0.25, 0.3) is 0 Å². The number of halogens is 4. The number of anilines is 1. The second-order valence-corrected chi connectivity index (χ2v) is 4.57. The standard InChI is InChI=1S/C14H11ClF3NO/c15-10-4-2-1-3-9(10)13(20)7-19-14-11(17)5-8(16)6-12(14)18/h1-6,13,19-20H,7H2. The Bertz CT molecular complexity index is 598. The highest BCUT2D eigenvalue weighted by molar-refractivity contribution is 6.31. The smallest absolute Gasteiger partial charge is 0.152 e. The third-order valence-electron chi connectivity index (χ3n) is 2.74. The van der Waals surface area contributed by atoms with Gasteiger partial charge in [-0.05, 0) is 6.07 Å². The molecule has 0 saturated heterocycles. The van der Waals surface area contributed by atoms with Crippen LogP contribution in [0.1, 0.15) is 11.7 Å². The average molecular weight is 302 g/mol. The predicted molar refractivity (Wildman–Crippen MR) is 71.2 cm³/mol. The summed E-state index contributed by atoms with van der Waals surface area (Å²) < 4.78 is 39.5. The van der Waals surface area contributed by atoms with Crippen LogP contribution in [0, 0.1) is 17.5 Å². The van der Waals surface area contributed by atoms with Crippen molar-refractivity contribution in [1.29, 1.82) is 0 Å². The van der Waals surface area contributed by atoms with Crippen LogP contribution in [0.3, 0.4) is 0 Å². The summed E-state index contributed by atoms with van der Waals surface area (Å²) in [6, 6.07) is 7.71. The lowest BCUT2D eigenvalue weighted by Crippen LogP contribution is -2.14. The number of rotatable bonds is 4. The number of nitrogens with one attached hydrogen (secondary N) is 1. The summed E-state index contributed by atoms with van der Waals surface area (Å²) in [7, 11) is 0. The summed E-state index contributed by atoms with van der Waals surface area (Å²) in [4.78, 5) is 0. The van der Waals surface area contributed by atoms with Crippen molar-refractivity contribution in [1.82, 2.24) is 0 Å². The quantitative estimate of drug-likeness (QED) is 0.897. The Kier molecular flexibility index (Phi) is 4.52. The van der Waals surface area contributed by atoms with Crippen molar-refractivity contribution < 1.29 is 18.3 Å². The van der Waals surface area contributed by atoms with E-state index in [1.165, 1.54) is 0 Å². The first-order valence-electron chi connectivity index (χ1n) is 5.80. The second-order valence-electron chi connectivity index (χ2n) is 4.16. The van der Waals surface area contributed by atoms with E-state index in [-0.39, 0.29) is 6.54 Å². The van der Waals surface area contributed by atoms with Crippen molar-refractivity contribution in [3.05, 3.63) is 64.4 Å². The lowest BCUT2D eigenvalue weighted by molar-refractivity contribution is 0.191. The molecule has 0 radical (unpaired) electrons. The Balaban J connectivity index is 2.12. The van der Waals surface area contributed by atoms with Gasteiger partial charge in [0.2, 0.25) is 0 Å². The van der Waals surface area contributed by atoms with Gasteiger partial charge in [-0.25, -0.2) is 13.2 Å². The van der Waals surface area contributed by atoms with E-state index < -0.39 is 29.2 Å². The fraction of sp³-hybridized carbons (Fsp3) is 0.143. The average Bonchev–Trinajstić information content (AvgIpc) is 2.37. The zero-order valence-electron chi connectivity index (χ0n) is 10.2. The Hall–Kier alpha value is -1.72. The maximum absolute atomic E-state index is 13.4. The van der Waals surface area contributed by atoms with Crippen LogP contribution in [0.5, 0.6) is 0 Å². The minimum absolute atomic E-state index is 0.163. The van der Waals surface area contributed by atoms with Crippen molar-refractivity contribution >= 4 is 17.3 Å². The molecule has 2 nitrogen and oxygen atoms in total. The van der Waals surface area contributed by atoms with E-state index in [4.69, 9.17) is 11.6 Å². The van der Waals surface area contributed by atoms with Crippen LogP contribution in [0.2, 0.25) is 5.02 Å². The van der Waals surface area contributed by atoms with Crippen LogP contribution >= 0.6 is 11.6 Å². The SMILES string of the molecule is OC(CNc1c(F)cc(F)cc1F)c1ccccc1Cl. The Morgan fingerprint density at radius 2 is 1.70 bits per heavy atom. The second kappa shape index (κ2) is 6.15. The molecule has 1 unspecified atom stereocenters. The lowest BCUT2D eigenvalue weighted by Gasteiger charge is -2.15. The molecule has 106 valence electrons. The van der Waals surface area contributed by atoms with E-state index in [0.29, 0.717) is 22.7 Å². The zero-order chi connectivity index (χ0) is 14.7. The van der Waals surface area contributed by atoms with Crippen LogP contribution in [0.15, 0.2) is 36.4 Å². The van der Waals surface area contributed by atoms with Crippen molar-refractivity contribution in [2.45, 2.75) is 6.10 Å². The Morgan fingerprint density at radius 1 is 1.10 bits per heavy atom. The summed E-state index contributed by atoms with van der Waals surface area (Å²) in [5.41, 5.74) is -0.0536. The lowest BCUT2D eigenvalue weighted by atomic mass is 10.1. The maximum atomic E-state index is 13.4. The first-order valence-corrected chi connectivity index (χ1v) is 6.17. The molecule has 0 aliphatic heterocycles. The van der Waals surface area contributed by atoms with E-state index in [1.807, 2.05) is 0 Å². The minimum Gasteiger partial charge on any atom is -0.387 e. The molecule has 0 saturated carbocycles.